The lowest BCUT2D eigenvalue weighted by Gasteiger charge is -2.18. The van der Waals surface area contributed by atoms with Crippen LogP contribution in [0.5, 0.6) is 0 Å². The number of rotatable bonds is 7. The molecule has 0 heterocycles. The van der Waals surface area contributed by atoms with Gasteiger partial charge in [-0.3, -0.25) is 4.79 Å². The minimum Gasteiger partial charge on any atom is -0.343 e. The van der Waals surface area contributed by atoms with E-state index in [1.165, 1.54) is 10.4 Å². The summed E-state index contributed by atoms with van der Waals surface area (Å²) in [5.74, 6) is -0.0812. The van der Waals surface area contributed by atoms with Gasteiger partial charge in [-0.15, -0.1) is 0 Å². The Morgan fingerprint density at radius 3 is 2.05 bits per heavy atom. The Kier molecular flexibility index (Phi) is 6.77. The fraction of sp³-hybridized carbons (Fsp3) is 0.438. The molecule has 0 saturated heterocycles. The molecule has 1 amide bonds. The number of hydrogen-bond acceptors (Lipinski definition) is 3. The third-order valence-corrected chi connectivity index (χ3v) is 5.56. The van der Waals surface area contributed by atoms with E-state index in [9.17, 15) is 13.2 Å². The Morgan fingerprint density at radius 1 is 1.05 bits per heavy atom. The number of amides is 1. The van der Waals surface area contributed by atoms with Crippen molar-refractivity contribution >= 4 is 22.0 Å². The standard InChI is InChI=1S/C16H24N2O3S/c1-5-17(4)16(19)13-10-14-8-11-15(12-9-14)22(20,21)18(6-2)7-3/h8-13H,5-7H2,1-4H3/b13-10+. The van der Waals surface area contributed by atoms with Crippen molar-refractivity contribution < 1.29 is 13.2 Å². The van der Waals surface area contributed by atoms with E-state index in [2.05, 4.69) is 0 Å². The maximum Gasteiger partial charge on any atom is 0.246 e. The molecular formula is C16H24N2O3S. The zero-order valence-corrected chi connectivity index (χ0v) is 14.4. The normalized spacial score (nSPS) is 12.0. The Balaban J connectivity index is 2.92. The van der Waals surface area contributed by atoms with Gasteiger partial charge in [0.15, 0.2) is 0 Å². The Hall–Kier alpha value is -1.66. The van der Waals surface area contributed by atoms with Crippen LogP contribution in [0.25, 0.3) is 6.08 Å². The summed E-state index contributed by atoms with van der Waals surface area (Å²) in [7, 11) is -1.70. The lowest BCUT2D eigenvalue weighted by atomic mass is 10.2. The predicted octanol–water partition coefficient (Wildman–Crippen LogP) is 2.21. The topological polar surface area (TPSA) is 57.7 Å². The lowest BCUT2D eigenvalue weighted by Crippen LogP contribution is -2.30. The Bertz CT molecular complexity index is 617. The molecule has 1 aromatic rings. The number of carbonyl (C=O) groups is 1. The second-order valence-corrected chi connectivity index (χ2v) is 6.78. The number of hydrogen-bond donors (Lipinski definition) is 0. The average molecular weight is 324 g/mol. The molecule has 0 spiro atoms. The molecule has 0 aliphatic heterocycles. The maximum atomic E-state index is 12.3. The summed E-state index contributed by atoms with van der Waals surface area (Å²) in [5.41, 5.74) is 0.788. The van der Waals surface area contributed by atoms with Crippen LogP contribution < -0.4 is 0 Å². The zero-order chi connectivity index (χ0) is 16.8. The number of sulfonamides is 1. The molecule has 0 radical (unpaired) electrons. The van der Waals surface area contributed by atoms with Gasteiger partial charge < -0.3 is 4.90 Å². The van der Waals surface area contributed by atoms with Crippen LogP contribution in [0.3, 0.4) is 0 Å². The molecule has 122 valence electrons. The molecule has 0 saturated carbocycles. The van der Waals surface area contributed by atoms with E-state index >= 15 is 0 Å². The number of nitrogens with zero attached hydrogens (tertiary/aromatic N) is 2. The molecule has 1 aromatic carbocycles. The van der Waals surface area contributed by atoms with Gasteiger partial charge in [-0.1, -0.05) is 26.0 Å². The van der Waals surface area contributed by atoms with E-state index in [4.69, 9.17) is 0 Å². The predicted molar refractivity (Wildman–Crippen MR) is 88.9 cm³/mol. The van der Waals surface area contributed by atoms with Crippen molar-refractivity contribution in [3.05, 3.63) is 35.9 Å². The van der Waals surface area contributed by atoms with Crippen LogP contribution >= 0.6 is 0 Å². The first-order valence-corrected chi connectivity index (χ1v) is 8.84. The van der Waals surface area contributed by atoms with Crippen molar-refractivity contribution in [1.82, 2.24) is 9.21 Å². The van der Waals surface area contributed by atoms with Crippen molar-refractivity contribution in [2.45, 2.75) is 25.7 Å². The van der Waals surface area contributed by atoms with E-state index in [0.717, 1.165) is 5.56 Å². The summed E-state index contributed by atoms with van der Waals surface area (Å²) in [4.78, 5) is 13.5. The highest BCUT2D eigenvalue weighted by atomic mass is 32.2. The van der Waals surface area contributed by atoms with Crippen LogP contribution in [0.4, 0.5) is 0 Å². The van der Waals surface area contributed by atoms with E-state index in [1.807, 2.05) is 20.8 Å². The largest absolute Gasteiger partial charge is 0.343 e. The molecule has 0 unspecified atom stereocenters. The van der Waals surface area contributed by atoms with Crippen LogP contribution in [0.1, 0.15) is 26.3 Å². The Labute approximate surface area is 133 Å². The fourth-order valence-corrected chi connectivity index (χ4v) is 3.37. The molecule has 0 aromatic heterocycles. The van der Waals surface area contributed by atoms with Crippen molar-refractivity contribution in [3.8, 4) is 0 Å². The zero-order valence-electron chi connectivity index (χ0n) is 13.6. The Morgan fingerprint density at radius 2 is 1.59 bits per heavy atom. The van der Waals surface area contributed by atoms with Crippen LogP contribution in [0, 0.1) is 0 Å². The van der Waals surface area contributed by atoms with Crippen molar-refractivity contribution in [1.29, 1.82) is 0 Å². The second-order valence-electron chi connectivity index (χ2n) is 4.84. The maximum absolute atomic E-state index is 12.3. The highest BCUT2D eigenvalue weighted by Crippen LogP contribution is 2.16. The van der Waals surface area contributed by atoms with Gasteiger partial charge in [-0.05, 0) is 30.7 Å². The van der Waals surface area contributed by atoms with Gasteiger partial charge in [-0.25, -0.2) is 8.42 Å². The first-order valence-electron chi connectivity index (χ1n) is 7.40. The van der Waals surface area contributed by atoms with Crippen molar-refractivity contribution in [2.24, 2.45) is 0 Å². The second kappa shape index (κ2) is 8.10. The van der Waals surface area contributed by atoms with E-state index in [-0.39, 0.29) is 10.8 Å². The molecule has 0 aliphatic carbocycles. The SMILES string of the molecule is CCN(C)C(=O)/C=C/c1ccc(S(=O)(=O)N(CC)CC)cc1. The van der Waals surface area contributed by atoms with Crippen LogP contribution in [0.2, 0.25) is 0 Å². The molecule has 0 bridgehead atoms. The average Bonchev–Trinajstić information content (AvgIpc) is 2.53. The smallest absolute Gasteiger partial charge is 0.246 e. The summed E-state index contributed by atoms with van der Waals surface area (Å²) in [6.07, 6.45) is 3.17. The quantitative estimate of drug-likeness (QED) is 0.723. The van der Waals surface area contributed by atoms with Gasteiger partial charge in [0, 0.05) is 32.8 Å². The molecule has 0 fully saturated rings. The summed E-state index contributed by atoms with van der Waals surface area (Å²) in [6, 6.07) is 6.54. The molecule has 1 rings (SSSR count). The molecule has 6 heteroatoms. The van der Waals surface area contributed by atoms with E-state index < -0.39 is 10.0 Å². The van der Waals surface area contributed by atoms with Gasteiger partial charge in [0.25, 0.3) is 0 Å². The van der Waals surface area contributed by atoms with Gasteiger partial charge >= 0.3 is 0 Å². The summed E-state index contributed by atoms with van der Waals surface area (Å²) < 4.78 is 26.1. The van der Waals surface area contributed by atoms with Crippen LogP contribution in [-0.4, -0.2) is 50.2 Å². The molecular weight excluding hydrogens is 300 g/mol. The van der Waals surface area contributed by atoms with Crippen molar-refractivity contribution in [3.63, 3.8) is 0 Å². The minimum atomic E-state index is -3.43. The van der Waals surface area contributed by atoms with Gasteiger partial charge in [0.2, 0.25) is 15.9 Å². The number of carbonyl (C=O) groups excluding carboxylic acids is 1. The van der Waals surface area contributed by atoms with E-state index in [1.54, 1.807) is 42.3 Å². The lowest BCUT2D eigenvalue weighted by molar-refractivity contribution is -0.124. The van der Waals surface area contributed by atoms with Crippen LogP contribution in [0.15, 0.2) is 35.2 Å². The molecule has 22 heavy (non-hydrogen) atoms. The third kappa shape index (κ3) is 4.42. The van der Waals surface area contributed by atoms with Crippen molar-refractivity contribution in [2.75, 3.05) is 26.7 Å². The highest BCUT2D eigenvalue weighted by molar-refractivity contribution is 7.89. The van der Waals surface area contributed by atoms with Crippen LogP contribution in [-0.2, 0) is 14.8 Å². The molecule has 5 nitrogen and oxygen atoms in total. The van der Waals surface area contributed by atoms with Gasteiger partial charge in [-0.2, -0.15) is 4.31 Å². The van der Waals surface area contributed by atoms with Gasteiger partial charge in [0.1, 0.15) is 0 Å². The summed E-state index contributed by atoms with van der Waals surface area (Å²) in [6.45, 7) is 7.06. The number of likely N-dealkylation sites (N-methyl/N-ethyl adjacent to an activating group) is 1. The van der Waals surface area contributed by atoms with E-state index in [0.29, 0.717) is 19.6 Å². The number of benzene rings is 1. The summed E-state index contributed by atoms with van der Waals surface area (Å²) >= 11 is 0. The highest BCUT2D eigenvalue weighted by Gasteiger charge is 2.20. The summed E-state index contributed by atoms with van der Waals surface area (Å²) in [5, 5.41) is 0. The monoisotopic (exact) mass is 324 g/mol. The first kappa shape index (κ1) is 18.4. The molecule has 0 N–H and O–H groups in total. The minimum absolute atomic E-state index is 0.0812. The molecule has 0 aliphatic rings. The molecule has 0 atom stereocenters. The van der Waals surface area contributed by atoms with Gasteiger partial charge in [0.05, 0.1) is 4.90 Å². The fourth-order valence-electron chi connectivity index (χ4n) is 1.91. The first-order chi connectivity index (χ1) is 10.4. The third-order valence-electron chi connectivity index (χ3n) is 3.49.